The van der Waals surface area contributed by atoms with Crippen LogP contribution < -0.4 is 10.9 Å². The summed E-state index contributed by atoms with van der Waals surface area (Å²) in [6.07, 6.45) is 4.58. The van der Waals surface area contributed by atoms with E-state index in [0.717, 1.165) is 10.9 Å². The van der Waals surface area contributed by atoms with Crippen molar-refractivity contribution in [3.8, 4) is 0 Å². The molecular weight excluding hydrogens is 254 g/mol. The van der Waals surface area contributed by atoms with Crippen molar-refractivity contribution < 1.29 is 4.79 Å². The number of carbonyl (C=O) groups excluding carboxylic acids is 1. The summed E-state index contributed by atoms with van der Waals surface area (Å²) >= 11 is 0. The van der Waals surface area contributed by atoms with E-state index < -0.39 is 0 Å². The Hall–Kier alpha value is -3.02. The molecule has 0 bridgehead atoms. The summed E-state index contributed by atoms with van der Waals surface area (Å²) in [6.45, 7) is 0. The number of carbonyl (C=O) groups is 1. The Balaban J connectivity index is 1.79. The molecule has 0 saturated heterocycles. The number of anilines is 1. The van der Waals surface area contributed by atoms with Crippen molar-refractivity contribution in [3.05, 3.63) is 60.7 Å². The molecule has 6 heteroatoms. The van der Waals surface area contributed by atoms with E-state index in [9.17, 15) is 4.79 Å². The van der Waals surface area contributed by atoms with Crippen LogP contribution in [0, 0.1) is 0 Å². The highest BCUT2D eigenvalue weighted by molar-refractivity contribution is 5.96. The summed E-state index contributed by atoms with van der Waals surface area (Å²) in [4.78, 5) is 24.1. The van der Waals surface area contributed by atoms with Crippen LogP contribution in [0.25, 0.3) is 10.9 Å². The molecule has 98 valence electrons. The van der Waals surface area contributed by atoms with Crippen molar-refractivity contribution in [1.82, 2.24) is 20.4 Å². The summed E-state index contributed by atoms with van der Waals surface area (Å²) in [5, 5.41) is 0.838. The zero-order chi connectivity index (χ0) is 13.8. The molecule has 0 aliphatic heterocycles. The number of para-hydroxylation sites is 1. The normalized spacial score (nSPS) is 10.2. The predicted molar refractivity (Wildman–Crippen MR) is 74.9 cm³/mol. The van der Waals surface area contributed by atoms with Crippen molar-refractivity contribution in [2.75, 3.05) is 5.43 Å². The van der Waals surface area contributed by atoms with Crippen molar-refractivity contribution >= 4 is 22.6 Å². The summed E-state index contributed by atoms with van der Waals surface area (Å²) < 4.78 is 0. The maximum absolute atomic E-state index is 11.9. The Morgan fingerprint density at radius 2 is 1.80 bits per heavy atom. The summed E-state index contributed by atoms with van der Waals surface area (Å²) in [5.74, 6) is 0.299. The molecule has 1 aromatic carbocycles. The first-order valence-electron chi connectivity index (χ1n) is 6.01. The molecular formula is C14H11N5O. The van der Waals surface area contributed by atoms with Gasteiger partial charge in [-0.1, -0.05) is 12.1 Å². The fourth-order valence-electron chi connectivity index (χ4n) is 1.80. The van der Waals surface area contributed by atoms with Gasteiger partial charge in [-0.2, -0.15) is 0 Å². The third kappa shape index (κ3) is 2.39. The quantitative estimate of drug-likeness (QED) is 0.706. The maximum Gasteiger partial charge on any atom is 0.269 e. The van der Waals surface area contributed by atoms with Gasteiger partial charge < -0.3 is 0 Å². The monoisotopic (exact) mass is 265 g/mol. The molecule has 3 rings (SSSR count). The fraction of sp³-hybridized carbons (Fsp3) is 0. The number of amides is 1. The molecule has 0 radical (unpaired) electrons. The number of rotatable bonds is 3. The number of hydrogen-bond acceptors (Lipinski definition) is 5. The van der Waals surface area contributed by atoms with Crippen LogP contribution in [-0.2, 0) is 0 Å². The number of aromatic nitrogens is 3. The molecule has 3 aromatic rings. The van der Waals surface area contributed by atoms with E-state index in [-0.39, 0.29) is 5.91 Å². The molecule has 0 spiro atoms. The van der Waals surface area contributed by atoms with Gasteiger partial charge >= 0.3 is 0 Å². The zero-order valence-corrected chi connectivity index (χ0v) is 10.4. The Morgan fingerprint density at radius 1 is 1.00 bits per heavy atom. The van der Waals surface area contributed by atoms with Crippen LogP contribution >= 0.6 is 0 Å². The number of fused-ring (bicyclic) bond motifs is 1. The number of hydrogen-bond donors (Lipinski definition) is 2. The molecule has 2 aromatic heterocycles. The lowest BCUT2D eigenvalue weighted by Crippen LogP contribution is -2.29. The van der Waals surface area contributed by atoms with Crippen LogP contribution in [-0.4, -0.2) is 20.9 Å². The van der Waals surface area contributed by atoms with E-state index in [0.29, 0.717) is 11.4 Å². The highest BCUT2D eigenvalue weighted by Gasteiger charge is 2.06. The minimum absolute atomic E-state index is 0.255. The van der Waals surface area contributed by atoms with Crippen molar-refractivity contribution in [1.29, 1.82) is 0 Å². The Morgan fingerprint density at radius 3 is 2.65 bits per heavy atom. The molecule has 0 atom stereocenters. The Kier molecular flexibility index (Phi) is 3.20. The number of hydrazine groups is 1. The van der Waals surface area contributed by atoms with E-state index in [4.69, 9.17) is 0 Å². The van der Waals surface area contributed by atoms with Gasteiger partial charge in [0.2, 0.25) is 0 Å². The van der Waals surface area contributed by atoms with E-state index in [1.165, 1.54) is 6.33 Å². The molecule has 6 nitrogen and oxygen atoms in total. The summed E-state index contributed by atoms with van der Waals surface area (Å²) in [7, 11) is 0. The molecule has 1 amide bonds. The molecule has 20 heavy (non-hydrogen) atoms. The van der Waals surface area contributed by atoms with Crippen LogP contribution in [0.15, 0.2) is 55.1 Å². The van der Waals surface area contributed by atoms with Crippen LogP contribution in [0.5, 0.6) is 0 Å². The number of nitrogens with one attached hydrogen (secondary N) is 2. The summed E-state index contributed by atoms with van der Waals surface area (Å²) in [5.41, 5.74) is 6.74. The van der Waals surface area contributed by atoms with Crippen molar-refractivity contribution in [2.45, 2.75) is 0 Å². The highest BCUT2D eigenvalue weighted by atomic mass is 16.2. The molecule has 0 saturated carbocycles. The average molecular weight is 265 g/mol. The van der Waals surface area contributed by atoms with Gasteiger partial charge in [0.1, 0.15) is 6.33 Å². The molecule has 0 fully saturated rings. The molecule has 0 unspecified atom stereocenters. The number of pyridine rings is 1. The standard InChI is InChI=1S/C14H11N5O/c20-14(10-5-7-15-8-6-10)19-18-13-11-3-1-2-4-12(11)16-9-17-13/h1-9H,(H,19,20)(H,16,17,18). The van der Waals surface area contributed by atoms with Crippen molar-refractivity contribution in [2.24, 2.45) is 0 Å². The Labute approximate surface area is 114 Å². The second-order valence-electron chi connectivity index (χ2n) is 4.05. The smallest absolute Gasteiger partial charge is 0.269 e. The largest absolute Gasteiger partial charge is 0.281 e. The SMILES string of the molecule is O=C(NNc1ncnc2ccccc12)c1ccncc1. The van der Waals surface area contributed by atoms with Crippen LogP contribution in [0.2, 0.25) is 0 Å². The molecule has 0 aliphatic rings. The van der Waals surface area contributed by atoms with Gasteiger partial charge in [0.15, 0.2) is 5.82 Å². The van der Waals surface area contributed by atoms with E-state index in [1.807, 2.05) is 24.3 Å². The van der Waals surface area contributed by atoms with Gasteiger partial charge in [-0.05, 0) is 24.3 Å². The topological polar surface area (TPSA) is 79.8 Å². The van der Waals surface area contributed by atoms with Crippen molar-refractivity contribution in [3.63, 3.8) is 0 Å². The van der Waals surface area contributed by atoms with E-state index in [2.05, 4.69) is 25.8 Å². The third-order valence-corrected chi connectivity index (χ3v) is 2.78. The van der Waals surface area contributed by atoms with Gasteiger partial charge in [0.05, 0.1) is 5.52 Å². The third-order valence-electron chi connectivity index (χ3n) is 2.78. The second kappa shape index (κ2) is 5.31. The second-order valence-corrected chi connectivity index (χ2v) is 4.05. The lowest BCUT2D eigenvalue weighted by molar-refractivity contribution is 0.0962. The molecule has 2 heterocycles. The van der Waals surface area contributed by atoms with Crippen LogP contribution in [0.1, 0.15) is 10.4 Å². The molecule has 0 aliphatic carbocycles. The van der Waals surface area contributed by atoms with E-state index >= 15 is 0 Å². The minimum Gasteiger partial charge on any atom is -0.281 e. The predicted octanol–water partition coefficient (Wildman–Crippen LogP) is 1.78. The number of nitrogens with zero attached hydrogens (tertiary/aromatic N) is 3. The lowest BCUT2D eigenvalue weighted by atomic mass is 10.2. The first-order chi connectivity index (χ1) is 9.84. The Bertz CT molecular complexity index is 739. The zero-order valence-electron chi connectivity index (χ0n) is 10.4. The first-order valence-corrected chi connectivity index (χ1v) is 6.01. The van der Waals surface area contributed by atoms with Crippen LogP contribution in [0.4, 0.5) is 5.82 Å². The fourth-order valence-corrected chi connectivity index (χ4v) is 1.80. The molecule has 2 N–H and O–H groups in total. The maximum atomic E-state index is 11.9. The average Bonchev–Trinajstić information content (AvgIpc) is 2.53. The lowest BCUT2D eigenvalue weighted by Gasteiger charge is -2.09. The van der Waals surface area contributed by atoms with Gasteiger partial charge in [-0.15, -0.1) is 0 Å². The number of benzene rings is 1. The van der Waals surface area contributed by atoms with Crippen LogP contribution in [0.3, 0.4) is 0 Å². The highest BCUT2D eigenvalue weighted by Crippen LogP contribution is 2.17. The van der Waals surface area contributed by atoms with Gasteiger partial charge in [0.25, 0.3) is 5.91 Å². The van der Waals surface area contributed by atoms with Gasteiger partial charge in [-0.3, -0.25) is 20.6 Å². The minimum atomic E-state index is -0.255. The van der Waals surface area contributed by atoms with E-state index in [1.54, 1.807) is 24.5 Å². The summed E-state index contributed by atoms with van der Waals surface area (Å²) in [6, 6.07) is 10.8. The van der Waals surface area contributed by atoms with Gasteiger partial charge in [-0.25, -0.2) is 9.97 Å². The first kappa shape index (κ1) is 12.0. The van der Waals surface area contributed by atoms with Gasteiger partial charge in [0, 0.05) is 23.3 Å².